The van der Waals surface area contributed by atoms with Gasteiger partial charge in [0.05, 0.1) is 5.56 Å². The van der Waals surface area contributed by atoms with Crippen LogP contribution in [0.1, 0.15) is 36.8 Å². The van der Waals surface area contributed by atoms with Crippen LogP contribution in [-0.4, -0.2) is 18.9 Å². The Morgan fingerprint density at radius 3 is 2.20 bits per heavy atom. The molecular weight excluding hydrogens is 267 g/mol. The van der Waals surface area contributed by atoms with Gasteiger partial charge in [-0.05, 0) is 31.0 Å². The summed E-state index contributed by atoms with van der Waals surface area (Å²) in [4.78, 5) is 1.98. The summed E-state index contributed by atoms with van der Waals surface area (Å²) in [6.45, 7) is 1.55. The lowest BCUT2D eigenvalue weighted by Crippen LogP contribution is -2.25. The molecule has 0 saturated carbocycles. The maximum absolute atomic E-state index is 13.1. The zero-order chi connectivity index (χ0) is 14.8. The number of hydrogen-bond donors (Lipinski definition) is 2. The molecule has 0 radical (unpaired) electrons. The fourth-order valence-electron chi connectivity index (χ4n) is 2.53. The highest BCUT2D eigenvalue weighted by atomic mass is 19.4. The second-order valence-corrected chi connectivity index (χ2v) is 5.04. The molecule has 0 bridgehead atoms. The summed E-state index contributed by atoms with van der Waals surface area (Å²) in [5.74, 6) is -0.556. The standard InChI is InChI=1S/C14H18F3N3/c15-14(16,17)12-9-10(5-6-11(12)13(18)19)20-7-3-1-2-4-8-20/h5-6,9H,1-4,7-8H2,(H3,18,19). The Hall–Kier alpha value is -1.72. The van der Waals surface area contributed by atoms with E-state index in [1.165, 1.54) is 6.07 Å². The molecule has 0 unspecified atom stereocenters. The van der Waals surface area contributed by atoms with E-state index >= 15 is 0 Å². The molecular formula is C14H18F3N3. The van der Waals surface area contributed by atoms with E-state index in [1.807, 2.05) is 4.90 Å². The lowest BCUT2D eigenvalue weighted by atomic mass is 10.0. The number of halogens is 3. The van der Waals surface area contributed by atoms with Gasteiger partial charge in [-0.1, -0.05) is 12.8 Å². The summed E-state index contributed by atoms with van der Waals surface area (Å²) in [5.41, 5.74) is 4.71. The fourth-order valence-corrected chi connectivity index (χ4v) is 2.53. The van der Waals surface area contributed by atoms with Gasteiger partial charge in [0.25, 0.3) is 0 Å². The number of benzene rings is 1. The molecule has 3 nitrogen and oxygen atoms in total. The number of nitrogens with one attached hydrogen (secondary N) is 1. The molecule has 2 rings (SSSR count). The molecule has 1 heterocycles. The number of alkyl halides is 3. The predicted molar refractivity (Wildman–Crippen MR) is 73.1 cm³/mol. The summed E-state index contributed by atoms with van der Waals surface area (Å²) < 4.78 is 39.2. The van der Waals surface area contributed by atoms with E-state index in [4.69, 9.17) is 11.1 Å². The van der Waals surface area contributed by atoms with Crippen LogP contribution in [0.5, 0.6) is 0 Å². The highest BCUT2D eigenvalue weighted by Gasteiger charge is 2.34. The number of nitrogen functional groups attached to an aromatic ring is 1. The summed E-state index contributed by atoms with van der Waals surface area (Å²) in [5, 5.41) is 7.27. The van der Waals surface area contributed by atoms with E-state index < -0.39 is 17.6 Å². The second kappa shape index (κ2) is 5.73. The molecule has 3 N–H and O–H groups in total. The molecule has 1 fully saturated rings. The minimum Gasteiger partial charge on any atom is -0.384 e. The van der Waals surface area contributed by atoms with Crippen LogP contribution in [0.15, 0.2) is 18.2 Å². The fraction of sp³-hybridized carbons (Fsp3) is 0.500. The first-order chi connectivity index (χ1) is 9.39. The largest absolute Gasteiger partial charge is 0.417 e. The molecule has 6 heteroatoms. The molecule has 0 aliphatic carbocycles. The van der Waals surface area contributed by atoms with Crippen LogP contribution in [0.2, 0.25) is 0 Å². The third-order valence-electron chi connectivity index (χ3n) is 3.57. The molecule has 110 valence electrons. The van der Waals surface area contributed by atoms with Crippen LogP contribution in [0.4, 0.5) is 18.9 Å². The first-order valence-electron chi connectivity index (χ1n) is 6.70. The number of amidine groups is 1. The van der Waals surface area contributed by atoms with Gasteiger partial charge >= 0.3 is 6.18 Å². The maximum Gasteiger partial charge on any atom is 0.417 e. The van der Waals surface area contributed by atoms with Crippen LogP contribution < -0.4 is 10.6 Å². The van der Waals surface area contributed by atoms with Crippen molar-refractivity contribution in [2.45, 2.75) is 31.9 Å². The third kappa shape index (κ3) is 3.23. The molecule has 20 heavy (non-hydrogen) atoms. The summed E-state index contributed by atoms with van der Waals surface area (Å²) >= 11 is 0. The van der Waals surface area contributed by atoms with Crippen molar-refractivity contribution >= 4 is 11.5 Å². The Kier molecular flexibility index (Phi) is 4.20. The number of anilines is 1. The van der Waals surface area contributed by atoms with Crippen molar-refractivity contribution < 1.29 is 13.2 Å². The molecule has 1 aromatic carbocycles. The average molecular weight is 285 g/mol. The first-order valence-corrected chi connectivity index (χ1v) is 6.70. The van der Waals surface area contributed by atoms with Crippen molar-refractivity contribution in [3.63, 3.8) is 0 Å². The first kappa shape index (κ1) is 14.7. The van der Waals surface area contributed by atoms with E-state index in [0.717, 1.165) is 44.8 Å². The van der Waals surface area contributed by atoms with Gasteiger partial charge in [0, 0.05) is 24.3 Å². The Labute approximate surface area is 116 Å². The van der Waals surface area contributed by atoms with Crippen LogP contribution >= 0.6 is 0 Å². The van der Waals surface area contributed by atoms with Crippen molar-refractivity contribution in [2.24, 2.45) is 5.73 Å². The van der Waals surface area contributed by atoms with Crippen molar-refractivity contribution in [1.29, 1.82) is 5.41 Å². The molecule has 0 atom stereocenters. The van der Waals surface area contributed by atoms with E-state index in [1.54, 1.807) is 6.07 Å². The molecule has 1 aliphatic rings. The van der Waals surface area contributed by atoms with Crippen LogP contribution in [0.3, 0.4) is 0 Å². The number of hydrogen-bond acceptors (Lipinski definition) is 2. The number of nitrogens with zero attached hydrogens (tertiary/aromatic N) is 1. The van der Waals surface area contributed by atoms with Crippen molar-refractivity contribution in [3.05, 3.63) is 29.3 Å². The smallest absolute Gasteiger partial charge is 0.384 e. The summed E-state index contributed by atoms with van der Waals surface area (Å²) in [6, 6.07) is 4.03. The maximum atomic E-state index is 13.1. The molecule has 0 amide bonds. The van der Waals surface area contributed by atoms with Crippen molar-refractivity contribution in [1.82, 2.24) is 0 Å². The summed E-state index contributed by atoms with van der Waals surface area (Å²) in [6.07, 6.45) is -0.267. The van der Waals surface area contributed by atoms with E-state index in [-0.39, 0.29) is 5.56 Å². The van der Waals surface area contributed by atoms with Crippen LogP contribution in [0, 0.1) is 5.41 Å². The topological polar surface area (TPSA) is 53.1 Å². The minimum absolute atomic E-state index is 0.254. The third-order valence-corrected chi connectivity index (χ3v) is 3.57. The SMILES string of the molecule is N=C(N)c1ccc(N2CCCCCC2)cc1C(F)(F)F. The molecule has 1 aliphatic heterocycles. The quantitative estimate of drug-likeness (QED) is 0.646. The number of nitrogens with two attached hydrogens (primary N) is 1. The van der Waals surface area contributed by atoms with Gasteiger partial charge in [0.2, 0.25) is 0 Å². The lowest BCUT2D eigenvalue weighted by molar-refractivity contribution is -0.137. The van der Waals surface area contributed by atoms with E-state index in [0.29, 0.717) is 5.69 Å². The zero-order valence-corrected chi connectivity index (χ0v) is 11.1. The van der Waals surface area contributed by atoms with Crippen molar-refractivity contribution in [3.8, 4) is 0 Å². The van der Waals surface area contributed by atoms with Crippen molar-refractivity contribution in [2.75, 3.05) is 18.0 Å². The molecule has 0 spiro atoms. The molecule has 1 saturated heterocycles. The highest BCUT2D eigenvalue weighted by Crippen LogP contribution is 2.35. The van der Waals surface area contributed by atoms with E-state index in [9.17, 15) is 13.2 Å². The van der Waals surface area contributed by atoms with Gasteiger partial charge in [-0.2, -0.15) is 13.2 Å². The van der Waals surface area contributed by atoms with Crippen LogP contribution in [0.25, 0.3) is 0 Å². The van der Waals surface area contributed by atoms with Gasteiger partial charge in [-0.25, -0.2) is 0 Å². The van der Waals surface area contributed by atoms with E-state index in [2.05, 4.69) is 0 Å². The lowest BCUT2D eigenvalue weighted by Gasteiger charge is -2.24. The van der Waals surface area contributed by atoms with Gasteiger partial charge < -0.3 is 10.6 Å². The second-order valence-electron chi connectivity index (χ2n) is 5.04. The monoisotopic (exact) mass is 285 g/mol. The minimum atomic E-state index is -4.50. The van der Waals surface area contributed by atoms with Gasteiger partial charge in [0.15, 0.2) is 0 Å². The number of rotatable bonds is 2. The zero-order valence-electron chi connectivity index (χ0n) is 11.1. The Morgan fingerprint density at radius 1 is 1.10 bits per heavy atom. The molecule has 0 aromatic heterocycles. The Balaban J connectivity index is 2.38. The van der Waals surface area contributed by atoms with Gasteiger partial charge in [-0.3, -0.25) is 5.41 Å². The molecule has 1 aromatic rings. The highest BCUT2D eigenvalue weighted by molar-refractivity contribution is 5.97. The predicted octanol–water partition coefficient (Wildman–Crippen LogP) is 3.37. The Morgan fingerprint density at radius 2 is 1.70 bits per heavy atom. The summed E-state index contributed by atoms with van der Waals surface area (Å²) in [7, 11) is 0. The average Bonchev–Trinajstić information content (AvgIpc) is 2.65. The Bertz CT molecular complexity index is 489. The van der Waals surface area contributed by atoms with Gasteiger partial charge in [0.1, 0.15) is 5.84 Å². The van der Waals surface area contributed by atoms with Gasteiger partial charge in [-0.15, -0.1) is 0 Å². The van der Waals surface area contributed by atoms with Crippen LogP contribution in [-0.2, 0) is 6.18 Å². The normalized spacial score (nSPS) is 16.9.